The molecule has 0 spiro atoms. The number of aromatic nitrogens is 2. The predicted molar refractivity (Wildman–Crippen MR) is 86.9 cm³/mol. The first kappa shape index (κ1) is 15.5. The standard InChI is InChI=1S/C17H28N4O/c1-11-7-12(9-18)10-20(11)16(22)14-8-15(13-5-6-13)21(19-14)17(2,3)4/h8,11-13H,5-7,9-10,18H2,1-4H3. The highest BCUT2D eigenvalue weighted by Crippen LogP contribution is 2.42. The van der Waals surface area contributed by atoms with E-state index in [1.54, 1.807) is 0 Å². The molecule has 2 fully saturated rings. The van der Waals surface area contributed by atoms with Gasteiger partial charge in [0.2, 0.25) is 0 Å². The molecule has 2 N–H and O–H groups in total. The average molecular weight is 304 g/mol. The number of rotatable bonds is 3. The lowest BCUT2D eigenvalue weighted by Crippen LogP contribution is -2.35. The van der Waals surface area contributed by atoms with Gasteiger partial charge >= 0.3 is 0 Å². The summed E-state index contributed by atoms with van der Waals surface area (Å²) < 4.78 is 2.05. The average Bonchev–Trinajstić information content (AvgIpc) is 3.07. The fourth-order valence-electron chi connectivity index (χ4n) is 3.45. The van der Waals surface area contributed by atoms with Crippen molar-refractivity contribution in [3.05, 3.63) is 17.5 Å². The van der Waals surface area contributed by atoms with Crippen LogP contribution in [0.25, 0.3) is 0 Å². The molecule has 122 valence electrons. The first-order valence-electron chi connectivity index (χ1n) is 8.42. The molecule has 5 heteroatoms. The second kappa shape index (κ2) is 5.37. The van der Waals surface area contributed by atoms with Crippen LogP contribution in [0.5, 0.6) is 0 Å². The second-order valence-corrected chi connectivity index (χ2v) is 7.96. The highest BCUT2D eigenvalue weighted by atomic mass is 16.2. The lowest BCUT2D eigenvalue weighted by atomic mass is 10.1. The van der Waals surface area contributed by atoms with Gasteiger partial charge in [-0.15, -0.1) is 0 Å². The van der Waals surface area contributed by atoms with Gasteiger partial charge in [0.05, 0.1) is 5.54 Å². The van der Waals surface area contributed by atoms with Crippen molar-refractivity contribution < 1.29 is 4.79 Å². The van der Waals surface area contributed by atoms with Gasteiger partial charge in [0.15, 0.2) is 5.69 Å². The number of likely N-dealkylation sites (tertiary alicyclic amines) is 1. The van der Waals surface area contributed by atoms with Crippen LogP contribution >= 0.6 is 0 Å². The molecule has 2 aliphatic rings. The van der Waals surface area contributed by atoms with E-state index in [2.05, 4.69) is 37.5 Å². The molecule has 0 aromatic carbocycles. The van der Waals surface area contributed by atoms with Crippen molar-refractivity contribution in [2.75, 3.05) is 13.1 Å². The molecule has 1 aliphatic heterocycles. The number of carbonyl (C=O) groups excluding carboxylic acids is 1. The van der Waals surface area contributed by atoms with Crippen LogP contribution in [0.3, 0.4) is 0 Å². The van der Waals surface area contributed by atoms with E-state index in [0.717, 1.165) is 13.0 Å². The molecule has 1 aromatic rings. The Morgan fingerprint density at radius 3 is 2.59 bits per heavy atom. The van der Waals surface area contributed by atoms with Gasteiger partial charge in [0.1, 0.15) is 0 Å². The highest BCUT2D eigenvalue weighted by molar-refractivity contribution is 5.93. The quantitative estimate of drug-likeness (QED) is 0.932. The number of nitrogens with two attached hydrogens (primary N) is 1. The van der Waals surface area contributed by atoms with E-state index >= 15 is 0 Å². The predicted octanol–water partition coefficient (Wildman–Crippen LogP) is 2.32. The third-order valence-corrected chi connectivity index (χ3v) is 4.84. The zero-order valence-electron chi connectivity index (χ0n) is 14.2. The summed E-state index contributed by atoms with van der Waals surface area (Å²) in [5, 5.41) is 4.67. The van der Waals surface area contributed by atoms with E-state index in [0.29, 0.717) is 24.1 Å². The Balaban J connectivity index is 1.87. The second-order valence-electron chi connectivity index (χ2n) is 7.96. The summed E-state index contributed by atoms with van der Waals surface area (Å²) in [5.74, 6) is 1.07. The van der Waals surface area contributed by atoms with E-state index < -0.39 is 0 Å². The maximum Gasteiger partial charge on any atom is 0.274 e. The van der Waals surface area contributed by atoms with Crippen molar-refractivity contribution in [1.82, 2.24) is 14.7 Å². The van der Waals surface area contributed by atoms with Gasteiger partial charge < -0.3 is 10.6 Å². The summed E-state index contributed by atoms with van der Waals surface area (Å²) in [4.78, 5) is 14.8. The number of nitrogens with zero attached hydrogens (tertiary/aromatic N) is 3. The van der Waals surface area contributed by atoms with Crippen LogP contribution in [-0.4, -0.2) is 39.7 Å². The smallest absolute Gasteiger partial charge is 0.274 e. The van der Waals surface area contributed by atoms with E-state index in [4.69, 9.17) is 5.73 Å². The summed E-state index contributed by atoms with van der Waals surface area (Å²) in [6.07, 6.45) is 3.42. The van der Waals surface area contributed by atoms with E-state index in [1.165, 1.54) is 18.5 Å². The molecule has 22 heavy (non-hydrogen) atoms. The van der Waals surface area contributed by atoms with Crippen molar-refractivity contribution in [3.8, 4) is 0 Å². The molecule has 0 bridgehead atoms. The van der Waals surface area contributed by atoms with Crippen LogP contribution in [-0.2, 0) is 5.54 Å². The van der Waals surface area contributed by atoms with E-state index in [-0.39, 0.29) is 17.5 Å². The molecular weight excluding hydrogens is 276 g/mol. The van der Waals surface area contributed by atoms with Crippen LogP contribution in [0.2, 0.25) is 0 Å². The zero-order chi connectivity index (χ0) is 16.1. The first-order chi connectivity index (χ1) is 10.3. The van der Waals surface area contributed by atoms with Crippen molar-refractivity contribution in [2.45, 2.75) is 64.5 Å². The summed E-state index contributed by atoms with van der Waals surface area (Å²) in [6.45, 7) is 9.95. The number of hydrogen-bond acceptors (Lipinski definition) is 3. The van der Waals surface area contributed by atoms with Crippen LogP contribution < -0.4 is 5.73 Å². The van der Waals surface area contributed by atoms with Gasteiger partial charge in [-0.1, -0.05) is 0 Å². The van der Waals surface area contributed by atoms with Gasteiger partial charge in [-0.25, -0.2) is 0 Å². The first-order valence-corrected chi connectivity index (χ1v) is 8.42. The summed E-state index contributed by atoms with van der Waals surface area (Å²) >= 11 is 0. The zero-order valence-corrected chi connectivity index (χ0v) is 14.2. The van der Waals surface area contributed by atoms with Crippen molar-refractivity contribution in [2.24, 2.45) is 11.7 Å². The van der Waals surface area contributed by atoms with Crippen LogP contribution in [0.15, 0.2) is 6.07 Å². The third-order valence-electron chi connectivity index (χ3n) is 4.84. The Morgan fingerprint density at radius 1 is 1.41 bits per heavy atom. The molecule has 2 atom stereocenters. The van der Waals surface area contributed by atoms with Crippen LogP contribution in [0, 0.1) is 5.92 Å². The normalized spacial score (nSPS) is 25.8. The Bertz CT molecular complexity index is 568. The topological polar surface area (TPSA) is 64.2 Å². The molecule has 2 heterocycles. The molecule has 1 amide bonds. The van der Waals surface area contributed by atoms with E-state index in [9.17, 15) is 4.79 Å². The Kier molecular flexibility index (Phi) is 3.79. The molecular formula is C17H28N4O. The van der Waals surface area contributed by atoms with Gasteiger partial charge in [-0.3, -0.25) is 9.48 Å². The number of hydrogen-bond donors (Lipinski definition) is 1. The van der Waals surface area contributed by atoms with Gasteiger partial charge in [0.25, 0.3) is 5.91 Å². The minimum Gasteiger partial charge on any atom is -0.334 e. The monoisotopic (exact) mass is 304 g/mol. The molecule has 1 aromatic heterocycles. The SMILES string of the molecule is CC1CC(CN)CN1C(=O)c1cc(C2CC2)n(C(C)(C)C)n1. The lowest BCUT2D eigenvalue weighted by Gasteiger charge is -2.23. The Hall–Kier alpha value is -1.36. The highest BCUT2D eigenvalue weighted by Gasteiger charge is 2.36. The maximum atomic E-state index is 12.9. The number of amides is 1. The fraction of sp³-hybridized carbons (Fsp3) is 0.765. The minimum absolute atomic E-state index is 0.0633. The van der Waals surface area contributed by atoms with E-state index in [1.807, 2.05) is 11.0 Å². The molecule has 1 aliphatic carbocycles. The summed E-state index contributed by atoms with van der Waals surface area (Å²) in [7, 11) is 0. The Morgan fingerprint density at radius 2 is 2.09 bits per heavy atom. The van der Waals surface area contributed by atoms with Gasteiger partial charge in [-0.2, -0.15) is 5.10 Å². The summed E-state index contributed by atoms with van der Waals surface area (Å²) in [5.41, 5.74) is 7.50. The molecule has 3 rings (SSSR count). The van der Waals surface area contributed by atoms with Crippen LogP contribution in [0.1, 0.15) is 69.1 Å². The van der Waals surface area contributed by atoms with Crippen molar-refractivity contribution >= 4 is 5.91 Å². The van der Waals surface area contributed by atoms with Crippen LogP contribution in [0.4, 0.5) is 0 Å². The maximum absolute atomic E-state index is 12.9. The minimum atomic E-state index is -0.0904. The molecule has 1 saturated carbocycles. The Labute approximate surface area is 132 Å². The van der Waals surface area contributed by atoms with Gasteiger partial charge in [-0.05, 0) is 65.5 Å². The lowest BCUT2D eigenvalue weighted by molar-refractivity contribution is 0.0735. The molecule has 1 saturated heterocycles. The summed E-state index contributed by atoms with van der Waals surface area (Å²) in [6, 6.07) is 2.28. The third kappa shape index (κ3) is 2.78. The van der Waals surface area contributed by atoms with Crippen molar-refractivity contribution in [1.29, 1.82) is 0 Å². The van der Waals surface area contributed by atoms with Crippen molar-refractivity contribution in [3.63, 3.8) is 0 Å². The molecule has 2 unspecified atom stereocenters. The fourth-order valence-corrected chi connectivity index (χ4v) is 3.45. The molecule has 0 radical (unpaired) electrons. The van der Waals surface area contributed by atoms with Gasteiger partial charge in [0, 0.05) is 24.2 Å². The molecule has 5 nitrogen and oxygen atoms in total. The number of carbonyl (C=O) groups is 1. The largest absolute Gasteiger partial charge is 0.334 e.